The Bertz CT molecular complexity index is 766. The van der Waals surface area contributed by atoms with Gasteiger partial charge in [0.2, 0.25) is 0 Å². The van der Waals surface area contributed by atoms with Gasteiger partial charge in [0, 0.05) is 12.1 Å². The molecule has 0 amide bonds. The Balaban J connectivity index is 2.24. The second-order valence-electron chi connectivity index (χ2n) is 4.37. The molecular weight excluding hydrogens is 306 g/mol. The molecule has 10 nitrogen and oxygen atoms in total. The Kier molecular flexibility index (Phi) is 4.64. The Morgan fingerprint density at radius 1 is 1.48 bits per heavy atom. The van der Waals surface area contributed by atoms with Gasteiger partial charge in [-0.1, -0.05) is 5.10 Å². The van der Waals surface area contributed by atoms with Gasteiger partial charge in [0.15, 0.2) is 5.88 Å². The average Bonchev–Trinajstić information content (AvgIpc) is 2.80. The number of aryl methyl sites for hydroxylation is 1. The highest BCUT2D eigenvalue weighted by Gasteiger charge is 2.24. The van der Waals surface area contributed by atoms with Gasteiger partial charge in [-0.3, -0.25) is 10.1 Å². The molecule has 0 atom stereocenters. The smallest absolute Gasteiger partial charge is 0.383 e. The van der Waals surface area contributed by atoms with E-state index in [1.54, 1.807) is 6.92 Å². The maximum Gasteiger partial charge on any atom is 0.383 e. The first-order valence-corrected chi connectivity index (χ1v) is 6.56. The first kappa shape index (κ1) is 16.1. The number of non-ortho nitro benzene ring substituents is 1. The van der Waals surface area contributed by atoms with Gasteiger partial charge in [-0.2, -0.15) is 0 Å². The maximum absolute atomic E-state index is 12.0. The van der Waals surface area contributed by atoms with Crippen molar-refractivity contribution in [2.75, 3.05) is 6.61 Å². The second kappa shape index (κ2) is 6.64. The van der Waals surface area contributed by atoms with E-state index in [1.165, 1.54) is 37.5 Å². The minimum atomic E-state index is -0.781. The van der Waals surface area contributed by atoms with Gasteiger partial charge in [0.1, 0.15) is 12.3 Å². The number of carbonyl (C=O) groups excluding carboxylic acids is 1. The molecule has 0 N–H and O–H groups in total. The number of nitrogens with zero attached hydrogens (tertiary/aromatic N) is 5. The van der Waals surface area contributed by atoms with Crippen molar-refractivity contribution in [1.29, 1.82) is 0 Å². The summed E-state index contributed by atoms with van der Waals surface area (Å²) in [5, 5.41) is 30.2. The van der Waals surface area contributed by atoms with Crippen LogP contribution >= 0.6 is 0 Å². The van der Waals surface area contributed by atoms with Crippen molar-refractivity contribution in [3.63, 3.8) is 0 Å². The standard InChI is InChI=1S/C13H13N5O5/c1-3-23-13(20)11-12(19)17(15-16(11)2)14-8-9-4-6-10(7-5-9)18(21)22/h4-8H,3H2,1-2H3/b14-8+. The zero-order valence-electron chi connectivity index (χ0n) is 12.4. The van der Waals surface area contributed by atoms with Crippen LogP contribution in [0.15, 0.2) is 29.4 Å². The van der Waals surface area contributed by atoms with Crippen LogP contribution in [-0.2, 0) is 11.8 Å². The third kappa shape index (κ3) is 3.48. The molecule has 0 radical (unpaired) electrons. The molecule has 0 aliphatic heterocycles. The highest BCUT2D eigenvalue weighted by atomic mass is 16.6. The van der Waals surface area contributed by atoms with Crippen LogP contribution < -0.4 is 9.79 Å². The summed E-state index contributed by atoms with van der Waals surface area (Å²) < 4.78 is 5.85. The molecular formula is C13H13N5O5. The number of nitro groups is 1. The van der Waals surface area contributed by atoms with Crippen molar-refractivity contribution < 1.29 is 24.2 Å². The molecule has 0 saturated heterocycles. The van der Waals surface area contributed by atoms with Crippen molar-refractivity contribution in [1.82, 2.24) is 10.0 Å². The van der Waals surface area contributed by atoms with Crippen molar-refractivity contribution >= 4 is 17.9 Å². The van der Waals surface area contributed by atoms with E-state index in [1.807, 2.05) is 0 Å². The number of nitro benzene ring substituents is 1. The summed E-state index contributed by atoms with van der Waals surface area (Å²) in [6.07, 6.45) is 1.30. The number of aromatic nitrogens is 3. The number of carbonyl (C=O) groups is 1. The number of benzene rings is 1. The average molecular weight is 319 g/mol. The van der Waals surface area contributed by atoms with Crippen LogP contribution in [0.3, 0.4) is 0 Å². The highest BCUT2D eigenvalue weighted by Crippen LogP contribution is 2.12. The molecule has 120 valence electrons. The van der Waals surface area contributed by atoms with E-state index in [-0.39, 0.29) is 18.0 Å². The van der Waals surface area contributed by atoms with Gasteiger partial charge in [-0.15, -0.1) is 4.68 Å². The molecule has 0 bridgehead atoms. The van der Waals surface area contributed by atoms with Crippen LogP contribution in [0.5, 0.6) is 5.88 Å². The molecule has 1 heterocycles. The summed E-state index contributed by atoms with van der Waals surface area (Å²) in [6, 6.07) is 5.57. The van der Waals surface area contributed by atoms with Crippen molar-refractivity contribution in [2.24, 2.45) is 12.1 Å². The van der Waals surface area contributed by atoms with E-state index in [4.69, 9.17) is 4.74 Å². The quantitative estimate of drug-likeness (QED) is 0.246. The number of ether oxygens (including phenoxy) is 1. The molecule has 2 rings (SSSR count). The fourth-order valence-electron chi connectivity index (χ4n) is 1.74. The molecule has 0 unspecified atom stereocenters. The largest absolute Gasteiger partial charge is 0.836 e. The van der Waals surface area contributed by atoms with Crippen LogP contribution in [0.25, 0.3) is 0 Å². The Labute approximate surface area is 130 Å². The van der Waals surface area contributed by atoms with Gasteiger partial charge in [-0.05, 0) is 29.4 Å². The fourth-order valence-corrected chi connectivity index (χ4v) is 1.74. The zero-order chi connectivity index (χ0) is 17.0. The van der Waals surface area contributed by atoms with Crippen molar-refractivity contribution in [2.45, 2.75) is 6.92 Å². The van der Waals surface area contributed by atoms with Crippen LogP contribution in [0.4, 0.5) is 5.69 Å². The molecule has 1 aromatic carbocycles. The van der Waals surface area contributed by atoms with Crippen LogP contribution in [-0.4, -0.2) is 33.7 Å². The lowest BCUT2D eigenvalue weighted by Crippen LogP contribution is -2.38. The van der Waals surface area contributed by atoms with Crippen LogP contribution in [0, 0.1) is 10.1 Å². The summed E-state index contributed by atoms with van der Waals surface area (Å²) in [6.45, 7) is 1.76. The van der Waals surface area contributed by atoms with Crippen LogP contribution in [0.1, 0.15) is 23.0 Å². The second-order valence-corrected chi connectivity index (χ2v) is 4.37. The van der Waals surface area contributed by atoms with Crippen molar-refractivity contribution in [3.05, 3.63) is 45.6 Å². The molecule has 2 aromatic rings. The summed E-state index contributed by atoms with van der Waals surface area (Å²) in [5.74, 6) is -1.50. The van der Waals surface area contributed by atoms with Gasteiger partial charge in [0.05, 0.1) is 17.7 Å². The predicted octanol–water partition coefficient (Wildman–Crippen LogP) is -0.252. The minimum absolute atomic E-state index is 0.0539. The Hall–Kier alpha value is -3.30. The summed E-state index contributed by atoms with van der Waals surface area (Å²) in [7, 11) is 1.42. The summed E-state index contributed by atoms with van der Waals surface area (Å²) >= 11 is 0. The van der Waals surface area contributed by atoms with E-state index in [2.05, 4.69) is 10.3 Å². The fraction of sp³-hybridized carbons (Fsp3) is 0.231. The van der Waals surface area contributed by atoms with Gasteiger partial charge in [-0.25, -0.2) is 4.79 Å². The molecule has 0 spiro atoms. The van der Waals surface area contributed by atoms with E-state index in [0.29, 0.717) is 5.56 Å². The maximum atomic E-state index is 12.0. The number of esters is 1. The normalized spacial score (nSPS) is 10.9. The monoisotopic (exact) mass is 319 g/mol. The van der Waals surface area contributed by atoms with E-state index < -0.39 is 16.8 Å². The first-order chi connectivity index (χ1) is 10.9. The molecule has 0 saturated carbocycles. The minimum Gasteiger partial charge on any atom is -0.836 e. The summed E-state index contributed by atoms with van der Waals surface area (Å²) in [5.41, 5.74) is 0.236. The first-order valence-electron chi connectivity index (χ1n) is 6.56. The molecule has 23 heavy (non-hydrogen) atoms. The molecule has 0 aliphatic carbocycles. The molecule has 10 heteroatoms. The van der Waals surface area contributed by atoms with E-state index >= 15 is 0 Å². The van der Waals surface area contributed by atoms with E-state index in [9.17, 15) is 20.0 Å². The Morgan fingerprint density at radius 3 is 2.70 bits per heavy atom. The third-order valence-electron chi connectivity index (χ3n) is 2.82. The number of rotatable bonds is 5. The summed E-state index contributed by atoms with van der Waals surface area (Å²) in [4.78, 5) is 22.5. The zero-order valence-corrected chi connectivity index (χ0v) is 12.4. The highest BCUT2D eigenvalue weighted by molar-refractivity contribution is 5.87. The van der Waals surface area contributed by atoms with Crippen LogP contribution in [0.2, 0.25) is 0 Å². The van der Waals surface area contributed by atoms with Crippen molar-refractivity contribution in [3.8, 4) is 5.88 Å². The lowest BCUT2D eigenvalue weighted by molar-refractivity contribution is -0.734. The lowest BCUT2D eigenvalue weighted by atomic mass is 10.2. The number of hydrogen-bond acceptors (Lipinski definition) is 7. The lowest BCUT2D eigenvalue weighted by Gasteiger charge is -2.00. The number of hydrogen-bond donors (Lipinski definition) is 0. The molecule has 0 fully saturated rings. The van der Waals surface area contributed by atoms with Gasteiger partial charge in [0.25, 0.3) is 11.4 Å². The topological polar surface area (TPSA) is 127 Å². The van der Waals surface area contributed by atoms with E-state index in [0.717, 1.165) is 9.47 Å². The molecule has 0 aliphatic rings. The predicted molar refractivity (Wildman–Crippen MR) is 74.9 cm³/mol. The third-order valence-corrected chi connectivity index (χ3v) is 2.82. The SMILES string of the molecule is CCOC(=O)c1c([O-])n(/N=C/c2ccc([N+](=O)[O-])cc2)n[n+]1C. The van der Waals surface area contributed by atoms with Gasteiger partial charge >= 0.3 is 5.97 Å². The molecule has 1 aromatic heterocycles. The Morgan fingerprint density at radius 2 is 2.13 bits per heavy atom. The van der Waals surface area contributed by atoms with Gasteiger partial charge < -0.3 is 9.84 Å².